The summed E-state index contributed by atoms with van der Waals surface area (Å²) in [5, 5.41) is 9.48. The third-order valence-corrected chi connectivity index (χ3v) is 9.83. The normalized spacial score (nSPS) is 14.9. The number of likely N-dealkylation sites (N-methyl/N-ethyl adjacent to an activating group) is 1. The van der Waals surface area contributed by atoms with Crippen LogP contribution in [0.4, 0.5) is 0 Å². The number of allylic oxidation sites excluding steroid dienone is 11. The molecule has 11 heteroatoms. The molecule has 0 fully saturated rings. The number of phosphoric ester groups is 1. The van der Waals surface area contributed by atoms with Crippen LogP contribution < -0.4 is 4.89 Å². The van der Waals surface area contributed by atoms with Gasteiger partial charge in [0.1, 0.15) is 19.8 Å². The molecule has 0 aromatic carbocycles. The first-order valence-corrected chi connectivity index (χ1v) is 23.2. The number of quaternary nitrogens is 1. The SMILES string of the molecule is CCCCCCCC/C=C\CCCCCCCC(=O)OC[C@H](COP(=O)([O-])OCC[N+](C)(C)C)OC(=O)CCC/C=C\C/C=C\C/C=C\C/C=C\C=C\[C@H](O)CC. The third kappa shape index (κ3) is 41.4. The fourth-order valence-electron chi connectivity index (χ4n) is 5.28. The lowest BCUT2D eigenvalue weighted by Crippen LogP contribution is -2.37. The van der Waals surface area contributed by atoms with Gasteiger partial charge in [-0.15, -0.1) is 0 Å². The molecule has 0 aromatic rings. The zero-order chi connectivity index (χ0) is 42.3. The van der Waals surface area contributed by atoms with E-state index in [2.05, 4.69) is 43.4 Å². The minimum absolute atomic E-state index is 0.0527. The van der Waals surface area contributed by atoms with Gasteiger partial charge in [-0.25, -0.2) is 0 Å². The fraction of sp³-hybridized carbons (Fsp3) is 0.696. The molecule has 0 saturated heterocycles. The maximum atomic E-state index is 12.6. The van der Waals surface area contributed by atoms with Gasteiger partial charge in [0, 0.05) is 12.8 Å². The van der Waals surface area contributed by atoms with Crippen LogP contribution in [-0.2, 0) is 32.7 Å². The Labute approximate surface area is 347 Å². The second-order valence-corrected chi connectivity index (χ2v) is 16.9. The van der Waals surface area contributed by atoms with Crippen LogP contribution in [0.3, 0.4) is 0 Å². The maximum absolute atomic E-state index is 12.6. The van der Waals surface area contributed by atoms with Crippen molar-refractivity contribution < 1.29 is 47.2 Å². The summed E-state index contributed by atoms with van der Waals surface area (Å²) in [6.07, 6.45) is 43.1. The number of phosphoric acid groups is 1. The first-order valence-electron chi connectivity index (χ1n) is 21.8. The summed E-state index contributed by atoms with van der Waals surface area (Å²) >= 11 is 0. The number of hydrogen-bond acceptors (Lipinski definition) is 9. The van der Waals surface area contributed by atoms with Crippen molar-refractivity contribution in [3.8, 4) is 0 Å². The summed E-state index contributed by atoms with van der Waals surface area (Å²) in [5.74, 6) is -0.938. The van der Waals surface area contributed by atoms with Crippen molar-refractivity contribution in [3.63, 3.8) is 0 Å². The first kappa shape index (κ1) is 54.4. The molecule has 0 aromatic heterocycles. The Kier molecular flexibility index (Phi) is 36.0. The maximum Gasteiger partial charge on any atom is 0.306 e. The van der Waals surface area contributed by atoms with E-state index in [1.807, 2.05) is 58.4 Å². The molecule has 0 bridgehead atoms. The van der Waals surface area contributed by atoms with Crippen LogP contribution in [0.15, 0.2) is 72.9 Å². The van der Waals surface area contributed by atoms with Crippen molar-refractivity contribution in [2.75, 3.05) is 47.5 Å². The Bertz CT molecular complexity index is 1220. The van der Waals surface area contributed by atoms with E-state index in [9.17, 15) is 24.2 Å². The van der Waals surface area contributed by atoms with Gasteiger partial charge in [-0.05, 0) is 70.6 Å². The number of aliphatic hydroxyl groups is 1. The fourth-order valence-corrected chi connectivity index (χ4v) is 6.01. The molecule has 0 saturated carbocycles. The second-order valence-electron chi connectivity index (χ2n) is 15.5. The Morgan fingerprint density at radius 3 is 1.79 bits per heavy atom. The van der Waals surface area contributed by atoms with E-state index in [-0.39, 0.29) is 32.2 Å². The monoisotopic (exact) mass is 822 g/mol. The van der Waals surface area contributed by atoms with Crippen molar-refractivity contribution in [2.45, 2.75) is 161 Å². The number of hydrogen-bond donors (Lipinski definition) is 1. The lowest BCUT2D eigenvalue weighted by Gasteiger charge is -2.28. The lowest BCUT2D eigenvalue weighted by molar-refractivity contribution is -0.870. The van der Waals surface area contributed by atoms with E-state index in [1.54, 1.807) is 6.08 Å². The van der Waals surface area contributed by atoms with Gasteiger partial charge >= 0.3 is 11.9 Å². The van der Waals surface area contributed by atoms with Crippen LogP contribution in [-0.4, -0.2) is 81.2 Å². The summed E-state index contributed by atoms with van der Waals surface area (Å²) in [5.41, 5.74) is 0. The molecule has 0 rings (SSSR count). The average molecular weight is 822 g/mol. The third-order valence-electron chi connectivity index (χ3n) is 8.87. The van der Waals surface area contributed by atoms with Gasteiger partial charge in [0.25, 0.3) is 7.82 Å². The number of carbonyl (C=O) groups is 2. The molecule has 1 N–H and O–H groups in total. The van der Waals surface area contributed by atoms with Gasteiger partial charge in [0.05, 0.1) is 33.9 Å². The molecule has 0 amide bonds. The number of esters is 2. The van der Waals surface area contributed by atoms with Crippen molar-refractivity contribution in [3.05, 3.63) is 72.9 Å². The molecule has 0 heterocycles. The van der Waals surface area contributed by atoms with E-state index in [0.717, 1.165) is 51.4 Å². The van der Waals surface area contributed by atoms with E-state index in [4.69, 9.17) is 18.5 Å². The Morgan fingerprint density at radius 1 is 0.649 bits per heavy atom. The molecular weight excluding hydrogens is 741 g/mol. The van der Waals surface area contributed by atoms with Crippen molar-refractivity contribution in [2.24, 2.45) is 0 Å². The summed E-state index contributed by atoms with van der Waals surface area (Å²) in [7, 11) is 1.09. The Balaban J connectivity index is 4.52. The van der Waals surface area contributed by atoms with Crippen molar-refractivity contribution in [1.82, 2.24) is 0 Å². The number of unbranched alkanes of at least 4 members (excludes halogenated alkanes) is 12. The van der Waals surface area contributed by atoms with Crippen LogP contribution in [0.2, 0.25) is 0 Å². The highest BCUT2D eigenvalue weighted by Crippen LogP contribution is 2.38. The minimum atomic E-state index is -4.65. The second kappa shape index (κ2) is 37.7. The van der Waals surface area contributed by atoms with Gasteiger partial charge in [0.15, 0.2) is 6.10 Å². The van der Waals surface area contributed by atoms with E-state index in [1.165, 1.54) is 44.9 Å². The standard InChI is InChI=1S/C46H80NO9P/c1-6-8-9-10-11-12-13-14-15-19-22-25-28-31-34-37-45(49)53-41-44(42-55-57(51,52)54-40-39-47(3,4)5)56-46(50)38-35-32-29-26-23-20-17-16-18-21-24-27-30-33-36-43(48)7-2/h14-15,17-18,20-21,26-27,29-30,33,36,43-44,48H,6-13,16,19,22-25,28,31-32,34-35,37-42H2,1-5H3/b15-14-,20-17-,21-18-,29-26-,30-27-,36-33+/t43-,44-/m1/s1. The molecule has 0 aliphatic carbocycles. The predicted molar refractivity (Wildman–Crippen MR) is 232 cm³/mol. The van der Waals surface area contributed by atoms with Gasteiger partial charge in [-0.2, -0.15) is 0 Å². The van der Waals surface area contributed by atoms with E-state index in [0.29, 0.717) is 36.7 Å². The smallest absolute Gasteiger partial charge is 0.306 e. The largest absolute Gasteiger partial charge is 0.756 e. The molecule has 328 valence electrons. The molecule has 0 spiro atoms. The summed E-state index contributed by atoms with van der Waals surface area (Å²) in [6.45, 7) is 3.78. The van der Waals surface area contributed by atoms with Gasteiger partial charge in [-0.3, -0.25) is 14.2 Å². The molecule has 0 radical (unpaired) electrons. The zero-order valence-electron chi connectivity index (χ0n) is 36.4. The van der Waals surface area contributed by atoms with E-state index >= 15 is 0 Å². The van der Waals surface area contributed by atoms with Crippen LogP contribution in [0.1, 0.15) is 149 Å². The number of ether oxygens (including phenoxy) is 2. The van der Waals surface area contributed by atoms with Gasteiger partial charge in [-0.1, -0.05) is 138 Å². The number of aliphatic hydroxyl groups excluding tert-OH is 1. The summed E-state index contributed by atoms with van der Waals surface area (Å²) < 4.78 is 33.8. The quantitative estimate of drug-likeness (QED) is 0.0161. The Morgan fingerprint density at radius 2 is 1.18 bits per heavy atom. The van der Waals surface area contributed by atoms with Crippen LogP contribution >= 0.6 is 7.82 Å². The number of rotatable bonds is 38. The molecule has 1 unspecified atom stereocenters. The topological polar surface area (TPSA) is 131 Å². The predicted octanol–water partition coefficient (Wildman–Crippen LogP) is 10.6. The molecule has 0 aliphatic rings. The first-order chi connectivity index (χ1) is 27.4. The van der Waals surface area contributed by atoms with Crippen molar-refractivity contribution in [1.29, 1.82) is 0 Å². The molecule has 3 atom stereocenters. The van der Waals surface area contributed by atoms with Crippen molar-refractivity contribution >= 4 is 19.8 Å². The van der Waals surface area contributed by atoms with Crippen LogP contribution in [0.25, 0.3) is 0 Å². The average Bonchev–Trinajstić information content (AvgIpc) is 3.16. The molecule has 57 heavy (non-hydrogen) atoms. The molecular formula is C46H80NO9P. The highest BCUT2D eigenvalue weighted by atomic mass is 31.2. The summed E-state index contributed by atoms with van der Waals surface area (Å²) in [4.78, 5) is 37.5. The molecule has 0 aliphatic heterocycles. The van der Waals surface area contributed by atoms with E-state index < -0.39 is 32.5 Å². The minimum Gasteiger partial charge on any atom is -0.756 e. The van der Waals surface area contributed by atoms with Gasteiger partial charge < -0.3 is 33.0 Å². The zero-order valence-corrected chi connectivity index (χ0v) is 37.3. The van der Waals surface area contributed by atoms with Crippen LogP contribution in [0, 0.1) is 0 Å². The van der Waals surface area contributed by atoms with Gasteiger partial charge in [0.2, 0.25) is 0 Å². The highest BCUT2D eigenvalue weighted by molar-refractivity contribution is 7.45. The van der Waals surface area contributed by atoms with Crippen LogP contribution in [0.5, 0.6) is 0 Å². The summed E-state index contributed by atoms with van der Waals surface area (Å²) in [6, 6.07) is 0. The lowest BCUT2D eigenvalue weighted by atomic mass is 10.1. The number of carbonyl (C=O) groups excluding carboxylic acids is 2. The highest BCUT2D eigenvalue weighted by Gasteiger charge is 2.21. The Hall–Kier alpha value is -2.59. The molecule has 10 nitrogen and oxygen atoms in total. The number of nitrogens with zero attached hydrogens (tertiary/aromatic N) is 1.